The molecule has 0 aliphatic heterocycles. The molecule has 0 saturated heterocycles. The third-order valence-electron chi connectivity index (χ3n) is 5.87. The first-order valence-electron chi connectivity index (χ1n) is 13.2. The first kappa shape index (κ1) is 30.5. The fourth-order valence-electron chi connectivity index (χ4n) is 3.95. The molecule has 214 valence electrons. The van der Waals surface area contributed by atoms with Crippen LogP contribution in [0.4, 0.5) is 9.59 Å². The van der Waals surface area contributed by atoms with E-state index in [1.165, 1.54) is 0 Å². The molecule has 0 spiro atoms. The Bertz CT molecular complexity index is 1180. The molecule has 0 bridgehead atoms. The largest absolute Gasteiger partial charge is 0.497 e. The molecule has 0 aromatic heterocycles. The summed E-state index contributed by atoms with van der Waals surface area (Å²) in [7, 11) is 1.59. The van der Waals surface area contributed by atoms with Crippen LogP contribution >= 0.6 is 0 Å². The van der Waals surface area contributed by atoms with Gasteiger partial charge in [-0.15, -0.1) is 0 Å². The van der Waals surface area contributed by atoms with Crippen LogP contribution in [-0.4, -0.2) is 53.7 Å². The summed E-state index contributed by atoms with van der Waals surface area (Å²) in [6.45, 7) is 5.70. The molecule has 0 saturated carbocycles. The second-order valence-electron chi connectivity index (χ2n) is 10.4. The average molecular weight is 550 g/mol. The summed E-state index contributed by atoms with van der Waals surface area (Å²) in [4.78, 5) is 25.4. The quantitative estimate of drug-likeness (QED) is 0.278. The van der Waals surface area contributed by atoms with Crippen LogP contribution in [-0.2, 0) is 29.0 Å². The van der Waals surface area contributed by atoms with Gasteiger partial charge in [0.2, 0.25) is 0 Å². The van der Waals surface area contributed by atoms with Crippen molar-refractivity contribution in [3.05, 3.63) is 102 Å². The minimum atomic E-state index is -1.07. The first-order chi connectivity index (χ1) is 19.1. The van der Waals surface area contributed by atoms with Gasteiger partial charge in [-0.2, -0.15) is 0 Å². The number of nitrogens with zero attached hydrogens (tertiary/aromatic N) is 1. The normalized spacial score (nSPS) is 12.8. The minimum Gasteiger partial charge on any atom is -0.497 e. The van der Waals surface area contributed by atoms with Crippen molar-refractivity contribution < 1.29 is 28.9 Å². The Morgan fingerprint density at radius 3 is 2.02 bits per heavy atom. The van der Waals surface area contributed by atoms with E-state index in [0.29, 0.717) is 12.2 Å². The molecular weight excluding hydrogens is 510 g/mol. The van der Waals surface area contributed by atoms with Gasteiger partial charge in [-0.05, 0) is 56.0 Å². The van der Waals surface area contributed by atoms with Crippen molar-refractivity contribution in [2.24, 2.45) is 0 Å². The van der Waals surface area contributed by atoms with Crippen molar-refractivity contribution in [1.29, 1.82) is 0 Å². The summed E-state index contributed by atoms with van der Waals surface area (Å²) in [5.74, 6) is 0.705. The van der Waals surface area contributed by atoms with Gasteiger partial charge in [-0.1, -0.05) is 72.8 Å². The average Bonchev–Trinajstić information content (AvgIpc) is 2.92. The molecule has 2 amide bonds. The van der Waals surface area contributed by atoms with E-state index in [9.17, 15) is 14.7 Å². The predicted molar refractivity (Wildman–Crippen MR) is 152 cm³/mol. The number of hydrogen-bond donors (Lipinski definition) is 3. The number of hydrazine groups is 1. The summed E-state index contributed by atoms with van der Waals surface area (Å²) in [6, 6.07) is 25.6. The summed E-state index contributed by atoms with van der Waals surface area (Å²) in [5, 5.41) is 15.7. The van der Waals surface area contributed by atoms with E-state index in [1.54, 1.807) is 32.9 Å². The summed E-state index contributed by atoms with van der Waals surface area (Å²) in [5.41, 5.74) is 4.69. The van der Waals surface area contributed by atoms with Crippen molar-refractivity contribution in [2.75, 3.05) is 13.7 Å². The maximum Gasteiger partial charge on any atom is 0.422 e. The van der Waals surface area contributed by atoms with Gasteiger partial charge in [0.1, 0.15) is 18.0 Å². The smallest absolute Gasteiger partial charge is 0.422 e. The zero-order valence-electron chi connectivity index (χ0n) is 23.5. The van der Waals surface area contributed by atoms with E-state index in [-0.39, 0.29) is 19.7 Å². The zero-order valence-corrected chi connectivity index (χ0v) is 23.5. The lowest BCUT2D eigenvalue weighted by molar-refractivity contribution is 0.0141. The highest BCUT2D eigenvalue weighted by atomic mass is 16.6. The number of ether oxygens (including phenoxy) is 3. The van der Waals surface area contributed by atoms with Crippen molar-refractivity contribution in [3.8, 4) is 5.75 Å². The molecule has 9 nitrogen and oxygen atoms in total. The maximum absolute atomic E-state index is 12.7. The number of aliphatic hydroxyl groups excluding tert-OH is 1. The van der Waals surface area contributed by atoms with Crippen molar-refractivity contribution in [3.63, 3.8) is 0 Å². The Morgan fingerprint density at radius 1 is 0.850 bits per heavy atom. The number of alkyl carbamates (subject to hydrolysis) is 1. The number of amides is 2. The summed E-state index contributed by atoms with van der Waals surface area (Å²) in [6.07, 6.45) is -2.02. The minimum absolute atomic E-state index is 0.00172. The van der Waals surface area contributed by atoms with Crippen molar-refractivity contribution in [2.45, 2.75) is 58.1 Å². The molecule has 3 rings (SSSR count). The highest BCUT2D eigenvalue weighted by Crippen LogP contribution is 2.15. The number of hydrogen-bond acceptors (Lipinski definition) is 7. The lowest BCUT2D eigenvalue weighted by Gasteiger charge is -2.31. The van der Waals surface area contributed by atoms with Gasteiger partial charge in [-0.3, -0.25) is 5.43 Å². The number of nitrogens with one attached hydrogen (secondary N) is 2. The standard InChI is InChI=1S/C31H39N3O6/c1-31(2,3)40-30(37)33-34(20-24-15-17-26(38-4)18-16-24)21-28(35)27(19-23-11-7-5-8-12-23)32-29(36)39-22-25-13-9-6-10-14-25/h5-18,27-28,35H,19-22H2,1-4H3,(H,32,36)(H,33,37)/t27-,28-/m0/s1. The van der Waals surface area contributed by atoms with E-state index < -0.39 is 29.9 Å². The lowest BCUT2D eigenvalue weighted by atomic mass is 10.0. The molecule has 40 heavy (non-hydrogen) atoms. The van der Waals surface area contributed by atoms with E-state index in [0.717, 1.165) is 16.7 Å². The Morgan fingerprint density at radius 2 is 1.45 bits per heavy atom. The van der Waals surface area contributed by atoms with Crippen LogP contribution in [0.15, 0.2) is 84.9 Å². The van der Waals surface area contributed by atoms with Crippen molar-refractivity contribution in [1.82, 2.24) is 15.8 Å². The molecule has 9 heteroatoms. The van der Waals surface area contributed by atoms with Crippen LogP contribution in [0.2, 0.25) is 0 Å². The Hall–Kier alpha value is -4.08. The molecule has 0 aliphatic rings. The fraction of sp³-hybridized carbons (Fsp3) is 0.355. The Kier molecular flexibility index (Phi) is 11.4. The highest BCUT2D eigenvalue weighted by Gasteiger charge is 2.27. The van der Waals surface area contributed by atoms with Gasteiger partial charge in [0.05, 0.1) is 19.3 Å². The second kappa shape index (κ2) is 14.9. The number of rotatable bonds is 12. The van der Waals surface area contributed by atoms with E-state index >= 15 is 0 Å². The third-order valence-corrected chi connectivity index (χ3v) is 5.87. The van der Waals surface area contributed by atoms with Crippen molar-refractivity contribution >= 4 is 12.2 Å². The number of aliphatic hydroxyl groups is 1. The molecule has 0 fully saturated rings. The Balaban J connectivity index is 1.74. The molecule has 3 N–H and O–H groups in total. The maximum atomic E-state index is 12.7. The van der Waals surface area contributed by atoms with Crippen LogP contribution in [0.5, 0.6) is 5.75 Å². The molecule has 0 radical (unpaired) electrons. The van der Waals surface area contributed by atoms with Crippen LogP contribution in [0.25, 0.3) is 0 Å². The van der Waals surface area contributed by atoms with Gasteiger partial charge in [-0.25, -0.2) is 14.6 Å². The van der Waals surface area contributed by atoms with Gasteiger partial charge in [0, 0.05) is 13.1 Å². The zero-order chi connectivity index (χ0) is 29.0. The topological polar surface area (TPSA) is 109 Å². The fourth-order valence-corrected chi connectivity index (χ4v) is 3.95. The highest BCUT2D eigenvalue weighted by molar-refractivity contribution is 5.68. The van der Waals surface area contributed by atoms with E-state index in [4.69, 9.17) is 14.2 Å². The molecule has 3 aromatic carbocycles. The number of carbonyl (C=O) groups is 2. The van der Waals surface area contributed by atoms with Gasteiger partial charge >= 0.3 is 12.2 Å². The van der Waals surface area contributed by atoms with Gasteiger partial charge in [0.15, 0.2) is 0 Å². The third kappa shape index (κ3) is 11.0. The summed E-state index contributed by atoms with van der Waals surface area (Å²) < 4.78 is 16.1. The van der Waals surface area contributed by atoms with Gasteiger partial charge in [0.25, 0.3) is 0 Å². The SMILES string of the molecule is COc1ccc(CN(C[C@H](O)[C@H](Cc2ccccc2)NC(=O)OCc2ccccc2)NC(=O)OC(C)(C)C)cc1. The molecule has 0 aliphatic carbocycles. The number of carbonyl (C=O) groups excluding carboxylic acids is 2. The Labute approximate surface area is 236 Å². The van der Waals surface area contributed by atoms with Crippen LogP contribution < -0.4 is 15.5 Å². The van der Waals surface area contributed by atoms with Crippen LogP contribution in [0, 0.1) is 0 Å². The van der Waals surface area contributed by atoms with E-state index in [2.05, 4.69) is 10.7 Å². The lowest BCUT2D eigenvalue weighted by Crippen LogP contribution is -2.53. The molecule has 3 aromatic rings. The molecular formula is C31H39N3O6. The van der Waals surface area contributed by atoms with Crippen LogP contribution in [0.3, 0.4) is 0 Å². The first-order valence-corrected chi connectivity index (χ1v) is 13.2. The summed E-state index contributed by atoms with van der Waals surface area (Å²) >= 11 is 0. The second-order valence-corrected chi connectivity index (χ2v) is 10.4. The predicted octanol–water partition coefficient (Wildman–Crippen LogP) is 4.84. The molecule has 2 atom stereocenters. The van der Waals surface area contributed by atoms with E-state index in [1.807, 2.05) is 84.9 Å². The number of benzene rings is 3. The molecule has 0 unspecified atom stereocenters. The van der Waals surface area contributed by atoms with Gasteiger partial charge < -0.3 is 24.6 Å². The molecule has 0 heterocycles. The monoisotopic (exact) mass is 549 g/mol. The number of methoxy groups -OCH3 is 1. The van der Waals surface area contributed by atoms with Crippen LogP contribution in [0.1, 0.15) is 37.5 Å².